The molecule has 0 saturated carbocycles. The second-order valence-electron chi connectivity index (χ2n) is 5.44. The molecule has 3 rings (SSSR count). The summed E-state index contributed by atoms with van der Waals surface area (Å²) >= 11 is 0. The number of rotatable bonds is 6. The zero-order chi connectivity index (χ0) is 18.2. The summed E-state index contributed by atoms with van der Waals surface area (Å²) in [5.41, 5.74) is -2.15. The predicted molar refractivity (Wildman–Crippen MR) is 77.4 cm³/mol. The molecule has 11 heteroatoms. The molecule has 0 saturated heterocycles. The first-order valence-electron chi connectivity index (χ1n) is 7.24. The Morgan fingerprint density at radius 1 is 1.32 bits per heavy atom. The van der Waals surface area contributed by atoms with Gasteiger partial charge in [0.15, 0.2) is 5.69 Å². The standard InChI is InChI=1S/C14H12F3N5O3/c15-14(16,17)13(20-21-13)4-2-5-18-11(23)8-7-10(12(24)25)22-9(8)3-1-6-19-22/h1,3,6-7H,2,4-5H2,(H,18,23)(H,24,25). The molecule has 1 amide bonds. The maximum absolute atomic E-state index is 12.7. The van der Waals surface area contributed by atoms with E-state index >= 15 is 0 Å². The molecule has 2 aromatic rings. The first kappa shape index (κ1) is 16.9. The number of carbonyl (C=O) groups is 2. The van der Waals surface area contributed by atoms with Gasteiger partial charge in [-0.1, -0.05) is 0 Å². The first-order valence-corrected chi connectivity index (χ1v) is 7.24. The molecule has 2 N–H and O–H groups in total. The summed E-state index contributed by atoms with van der Waals surface area (Å²) in [6.07, 6.45) is -3.48. The van der Waals surface area contributed by atoms with Crippen molar-refractivity contribution in [3.8, 4) is 0 Å². The molecule has 0 aliphatic carbocycles. The summed E-state index contributed by atoms with van der Waals surface area (Å²) in [5.74, 6) is -1.85. The number of nitrogens with zero attached hydrogens (tertiary/aromatic N) is 4. The van der Waals surface area contributed by atoms with Gasteiger partial charge in [-0.15, -0.1) is 10.2 Å². The number of carboxylic acid groups (broad SMARTS) is 1. The van der Waals surface area contributed by atoms with Gasteiger partial charge in [-0.2, -0.15) is 18.3 Å². The lowest BCUT2D eigenvalue weighted by molar-refractivity contribution is -0.165. The molecule has 1 aliphatic rings. The molecule has 8 nitrogen and oxygen atoms in total. The second kappa shape index (κ2) is 5.83. The summed E-state index contributed by atoms with van der Waals surface area (Å²) in [4.78, 5) is 23.4. The van der Waals surface area contributed by atoms with Gasteiger partial charge < -0.3 is 10.4 Å². The van der Waals surface area contributed by atoms with Crippen LogP contribution in [-0.4, -0.2) is 45.0 Å². The van der Waals surface area contributed by atoms with E-state index in [0.717, 1.165) is 4.52 Å². The maximum Gasteiger partial charge on any atom is 0.437 e. The van der Waals surface area contributed by atoms with Crippen molar-refractivity contribution in [2.24, 2.45) is 10.2 Å². The van der Waals surface area contributed by atoms with Gasteiger partial charge in [0.25, 0.3) is 11.6 Å². The zero-order valence-electron chi connectivity index (χ0n) is 12.6. The molecule has 0 radical (unpaired) electrons. The number of aromatic carboxylic acids is 1. The highest BCUT2D eigenvalue weighted by Gasteiger charge is 2.63. The van der Waals surface area contributed by atoms with Crippen molar-refractivity contribution in [2.75, 3.05) is 6.54 Å². The normalized spacial score (nSPS) is 15.3. The number of nitrogens with one attached hydrogen (secondary N) is 1. The molecule has 0 atom stereocenters. The molecule has 0 spiro atoms. The van der Waals surface area contributed by atoms with Gasteiger partial charge in [0, 0.05) is 19.2 Å². The van der Waals surface area contributed by atoms with Gasteiger partial charge in [0.1, 0.15) is 0 Å². The fourth-order valence-electron chi connectivity index (χ4n) is 2.42. The van der Waals surface area contributed by atoms with Crippen LogP contribution in [0.4, 0.5) is 13.2 Å². The third-order valence-corrected chi connectivity index (χ3v) is 3.78. The van der Waals surface area contributed by atoms with Crippen LogP contribution in [-0.2, 0) is 0 Å². The average Bonchev–Trinajstić information content (AvgIpc) is 3.24. The van der Waals surface area contributed by atoms with Crippen molar-refractivity contribution in [1.29, 1.82) is 0 Å². The summed E-state index contributed by atoms with van der Waals surface area (Å²) in [5, 5.41) is 21.6. The third-order valence-electron chi connectivity index (χ3n) is 3.78. The lowest BCUT2D eigenvalue weighted by Crippen LogP contribution is -2.34. The Morgan fingerprint density at radius 3 is 2.64 bits per heavy atom. The van der Waals surface area contributed by atoms with Crippen molar-refractivity contribution < 1.29 is 27.9 Å². The van der Waals surface area contributed by atoms with Crippen LogP contribution in [0, 0.1) is 0 Å². The molecular formula is C14H12F3N5O3. The highest BCUT2D eigenvalue weighted by atomic mass is 19.4. The van der Waals surface area contributed by atoms with Crippen molar-refractivity contribution in [3.05, 3.63) is 35.7 Å². The summed E-state index contributed by atoms with van der Waals surface area (Å²) < 4.78 is 39.1. The van der Waals surface area contributed by atoms with Gasteiger partial charge in [0.2, 0.25) is 0 Å². The highest BCUT2D eigenvalue weighted by molar-refractivity contribution is 6.04. The van der Waals surface area contributed by atoms with Gasteiger partial charge in [-0.05, 0) is 24.6 Å². The average molecular weight is 355 g/mol. The topological polar surface area (TPSA) is 108 Å². The summed E-state index contributed by atoms with van der Waals surface area (Å²) in [7, 11) is 0. The van der Waals surface area contributed by atoms with E-state index in [0.29, 0.717) is 0 Å². The molecule has 0 bridgehead atoms. The van der Waals surface area contributed by atoms with Crippen LogP contribution in [0.1, 0.15) is 33.7 Å². The van der Waals surface area contributed by atoms with E-state index in [4.69, 9.17) is 5.11 Å². The molecule has 1 aliphatic heterocycles. The third kappa shape index (κ3) is 3.04. The largest absolute Gasteiger partial charge is 0.477 e. The Bertz CT molecular complexity index is 868. The van der Waals surface area contributed by atoms with Gasteiger partial charge >= 0.3 is 12.1 Å². The molecule has 0 aromatic carbocycles. The lowest BCUT2D eigenvalue weighted by atomic mass is 10.1. The van der Waals surface area contributed by atoms with E-state index in [-0.39, 0.29) is 36.2 Å². The number of halogens is 3. The Hall–Kier alpha value is -2.98. The van der Waals surface area contributed by atoms with E-state index < -0.39 is 23.7 Å². The van der Waals surface area contributed by atoms with Crippen LogP contribution in [0.25, 0.3) is 5.52 Å². The highest BCUT2D eigenvalue weighted by Crippen LogP contribution is 2.47. The lowest BCUT2D eigenvalue weighted by Gasteiger charge is -2.14. The van der Waals surface area contributed by atoms with Crippen molar-refractivity contribution >= 4 is 17.4 Å². The monoisotopic (exact) mass is 355 g/mol. The Labute approximate surface area is 138 Å². The zero-order valence-corrected chi connectivity index (χ0v) is 12.6. The van der Waals surface area contributed by atoms with Crippen LogP contribution in [0.15, 0.2) is 34.6 Å². The number of alkyl halides is 3. The Kier molecular flexibility index (Phi) is 3.93. The van der Waals surface area contributed by atoms with Crippen LogP contribution >= 0.6 is 0 Å². The van der Waals surface area contributed by atoms with Gasteiger partial charge in [-0.25, -0.2) is 9.31 Å². The van der Waals surface area contributed by atoms with Crippen molar-refractivity contribution in [3.63, 3.8) is 0 Å². The number of hydrogen-bond donors (Lipinski definition) is 2. The number of fused-ring (bicyclic) bond motifs is 1. The molecule has 0 unspecified atom stereocenters. The molecule has 0 fully saturated rings. The fraction of sp³-hybridized carbons (Fsp3) is 0.357. The molecule has 2 aromatic heterocycles. The number of carbonyl (C=O) groups excluding carboxylic acids is 1. The predicted octanol–water partition coefficient (Wildman–Crippen LogP) is 2.27. The van der Waals surface area contributed by atoms with Gasteiger partial charge in [-0.3, -0.25) is 4.79 Å². The van der Waals surface area contributed by atoms with E-state index in [9.17, 15) is 22.8 Å². The van der Waals surface area contributed by atoms with Crippen LogP contribution < -0.4 is 5.32 Å². The molecule has 132 valence electrons. The van der Waals surface area contributed by atoms with E-state index in [1.54, 1.807) is 6.07 Å². The number of carboxylic acids is 1. The number of amides is 1. The second-order valence-corrected chi connectivity index (χ2v) is 5.44. The van der Waals surface area contributed by atoms with Crippen molar-refractivity contribution in [1.82, 2.24) is 14.9 Å². The molecule has 25 heavy (non-hydrogen) atoms. The van der Waals surface area contributed by atoms with E-state index in [1.807, 2.05) is 0 Å². The Balaban J connectivity index is 1.65. The van der Waals surface area contributed by atoms with E-state index in [2.05, 4.69) is 20.6 Å². The minimum absolute atomic E-state index is 0.0219. The van der Waals surface area contributed by atoms with Crippen LogP contribution in [0.3, 0.4) is 0 Å². The van der Waals surface area contributed by atoms with Crippen LogP contribution in [0.2, 0.25) is 0 Å². The smallest absolute Gasteiger partial charge is 0.437 e. The van der Waals surface area contributed by atoms with Crippen molar-refractivity contribution in [2.45, 2.75) is 24.7 Å². The summed E-state index contributed by atoms with van der Waals surface area (Å²) in [6, 6.07) is 4.23. The molecular weight excluding hydrogens is 343 g/mol. The SMILES string of the molecule is O=C(NCCCC1(C(F)(F)F)N=N1)c1cc(C(=O)O)n2ncccc12. The van der Waals surface area contributed by atoms with Crippen LogP contribution in [0.5, 0.6) is 0 Å². The maximum atomic E-state index is 12.7. The van der Waals surface area contributed by atoms with Gasteiger partial charge in [0.05, 0.1) is 11.1 Å². The minimum atomic E-state index is -4.53. The van der Waals surface area contributed by atoms with E-state index in [1.165, 1.54) is 18.3 Å². The fourth-order valence-corrected chi connectivity index (χ4v) is 2.42. The Morgan fingerprint density at radius 2 is 2.04 bits per heavy atom. The molecule has 3 heterocycles. The summed E-state index contributed by atoms with van der Waals surface area (Å²) in [6.45, 7) is -0.0261. The quantitative estimate of drug-likeness (QED) is 0.775. The minimum Gasteiger partial charge on any atom is -0.477 e. The first-order chi connectivity index (χ1) is 11.8. The number of aromatic nitrogens is 2. The number of hydrogen-bond acceptors (Lipinski definition) is 5.